The van der Waals surface area contributed by atoms with Crippen molar-refractivity contribution in [3.05, 3.63) is 28.0 Å². The monoisotopic (exact) mass is 231 g/mol. The molecule has 11 heavy (non-hydrogen) atoms. The Balaban J connectivity index is 2.96. The van der Waals surface area contributed by atoms with E-state index in [1.165, 1.54) is 6.39 Å². The lowest BCUT2D eigenvalue weighted by Gasteiger charge is -1.91. The molecule has 2 aromatic rings. The minimum Gasteiger partial charge on any atom is -0.442 e. The quantitative estimate of drug-likeness (QED) is 0.697. The summed E-state index contributed by atoms with van der Waals surface area (Å²) in [7, 11) is 0. The highest BCUT2D eigenvalue weighted by Crippen LogP contribution is 2.28. The number of hydrogen-bond donors (Lipinski definition) is 0. The molecule has 0 atom stereocenters. The number of hydrogen-bond acceptors (Lipinski definition) is 2. The number of rotatable bonds is 0. The highest BCUT2D eigenvalue weighted by molar-refractivity contribution is 9.10. The topological polar surface area (TPSA) is 26.0 Å². The van der Waals surface area contributed by atoms with Crippen LogP contribution < -0.4 is 0 Å². The van der Waals surface area contributed by atoms with Gasteiger partial charge in [-0.05, 0) is 28.1 Å². The Bertz CT molecular complexity index is 362. The molecule has 0 aliphatic carbocycles. The van der Waals surface area contributed by atoms with Gasteiger partial charge in [0.1, 0.15) is 5.52 Å². The Labute approximate surface area is 76.3 Å². The largest absolute Gasteiger partial charge is 0.442 e. The van der Waals surface area contributed by atoms with Crippen molar-refractivity contribution >= 4 is 38.6 Å². The molecule has 1 aromatic carbocycles. The molecule has 2 nitrogen and oxygen atoms in total. The second-order valence-electron chi connectivity index (χ2n) is 2.06. The van der Waals surface area contributed by atoms with E-state index < -0.39 is 0 Å². The standard InChI is InChI=1S/C7H3BrClNO/c8-4-1-2-5(9)6-7(4)11-3-10-6/h1-3H. The number of oxazole rings is 1. The summed E-state index contributed by atoms with van der Waals surface area (Å²) in [6.45, 7) is 0. The number of halogens is 2. The van der Waals surface area contributed by atoms with Crippen LogP contribution in [0.5, 0.6) is 0 Å². The van der Waals surface area contributed by atoms with Crippen molar-refractivity contribution in [3.8, 4) is 0 Å². The molecular weight excluding hydrogens is 229 g/mol. The van der Waals surface area contributed by atoms with Crippen LogP contribution in [0.15, 0.2) is 27.4 Å². The van der Waals surface area contributed by atoms with Crippen molar-refractivity contribution in [3.63, 3.8) is 0 Å². The third-order valence-corrected chi connectivity index (χ3v) is 2.32. The first-order chi connectivity index (χ1) is 5.29. The van der Waals surface area contributed by atoms with Gasteiger partial charge in [0, 0.05) is 0 Å². The van der Waals surface area contributed by atoms with Gasteiger partial charge in [0.05, 0.1) is 9.50 Å². The lowest BCUT2D eigenvalue weighted by Crippen LogP contribution is -1.71. The Kier molecular flexibility index (Phi) is 1.62. The highest BCUT2D eigenvalue weighted by Gasteiger charge is 2.05. The van der Waals surface area contributed by atoms with Gasteiger partial charge in [0.25, 0.3) is 0 Å². The zero-order valence-corrected chi connectivity index (χ0v) is 7.69. The van der Waals surface area contributed by atoms with Crippen molar-refractivity contribution in [2.75, 3.05) is 0 Å². The van der Waals surface area contributed by atoms with Crippen LogP contribution >= 0.6 is 27.5 Å². The van der Waals surface area contributed by atoms with E-state index >= 15 is 0 Å². The third kappa shape index (κ3) is 1.04. The molecule has 0 aliphatic heterocycles. The van der Waals surface area contributed by atoms with Crippen LogP contribution in [0.4, 0.5) is 0 Å². The summed E-state index contributed by atoms with van der Waals surface area (Å²) in [5.74, 6) is 0. The van der Waals surface area contributed by atoms with Gasteiger partial charge in [-0.3, -0.25) is 0 Å². The number of nitrogens with zero attached hydrogens (tertiary/aromatic N) is 1. The molecule has 0 bridgehead atoms. The number of aromatic nitrogens is 1. The van der Waals surface area contributed by atoms with Crippen molar-refractivity contribution in [1.29, 1.82) is 0 Å². The van der Waals surface area contributed by atoms with Crippen LogP contribution in [0, 0.1) is 0 Å². The molecule has 0 spiro atoms. The molecule has 0 saturated heterocycles. The summed E-state index contributed by atoms with van der Waals surface area (Å²) >= 11 is 9.14. The van der Waals surface area contributed by atoms with Crippen LogP contribution in [0.2, 0.25) is 5.02 Å². The first-order valence-electron chi connectivity index (χ1n) is 2.96. The molecule has 0 unspecified atom stereocenters. The summed E-state index contributed by atoms with van der Waals surface area (Å²) in [6.07, 6.45) is 1.38. The number of fused-ring (bicyclic) bond motifs is 1. The third-order valence-electron chi connectivity index (χ3n) is 1.39. The van der Waals surface area contributed by atoms with E-state index in [2.05, 4.69) is 20.9 Å². The maximum Gasteiger partial charge on any atom is 0.182 e. The van der Waals surface area contributed by atoms with Gasteiger partial charge in [-0.15, -0.1) is 0 Å². The molecule has 2 rings (SSSR count). The lowest BCUT2D eigenvalue weighted by molar-refractivity contribution is 0.600. The van der Waals surface area contributed by atoms with Gasteiger partial charge < -0.3 is 4.42 Å². The van der Waals surface area contributed by atoms with Gasteiger partial charge >= 0.3 is 0 Å². The molecule has 0 radical (unpaired) electrons. The van der Waals surface area contributed by atoms with Crippen molar-refractivity contribution < 1.29 is 4.42 Å². The maximum atomic E-state index is 5.83. The Morgan fingerprint density at radius 3 is 3.00 bits per heavy atom. The van der Waals surface area contributed by atoms with Crippen LogP contribution in [-0.4, -0.2) is 4.98 Å². The molecule has 4 heteroatoms. The van der Waals surface area contributed by atoms with Gasteiger partial charge in [-0.1, -0.05) is 11.6 Å². The first-order valence-corrected chi connectivity index (χ1v) is 4.13. The van der Waals surface area contributed by atoms with E-state index in [0.29, 0.717) is 16.1 Å². The normalized spacial score (nSPS) is 10.7. The maximum absolute atomic E-state index is 5.83. The molecule has 56 valence electrons. The van der Waals surface area contributed by atoms with Crippen LogP contribution in [0.3, 0.4) is 0 Å². The van der Waals surface area contributed by atoms with Crippen molar-refractivity contribution in [2.45, 2.75) is 0 Å². The molecule has 0 N–H and O–H groups in total. The van der Waals surface area contributed by atoms with Crippen molar-refractivity contribution in [1.82, 2.24) is 4.98 Å². The fraction of sp³-hybridized carbons (Fsp3) is 0. The Hall–Kier alpha value is -0.540. The van der Waals surface area contributed by atoms with Crippen LogP contribution in [-0.2, 0) is 0 Å². The zero-order valence-electron chi connectivity index (χ0n) is 5.34. The summed E-state index contributed by atoms with van der Waals surface area (Å²) in [5.41, 5.74) is 1.39. The first kappa shape index (κ1) is 7.13. The average Bonchev–Trinajstić information content (AvgIpc) is 2.45. The van der Waals surface area contributed by atoms with E-state index in [0.717, 1.165) is 4.47 Å². The lowest BCUT2D eigenvalue weighted by atomic mass is 10.3. The minimum atomic E-state index is 0.608. The molecule has 0 amide bonds. The smallest absolute Gasteiger partial charge is 0.182 e. The summed E-state index contributed by atoms with van der Waals surface area (Å²) in [4.78, 5) is 3.95. The summed E-state index contributed by atoms with van der Waals surface area (Å²) < 4.78 is 5.96. The van der Waals surface area contributed by atoms with Gasteiger partial charge in [0.2, 0.25) is 0 Å². The summed E-state index contributed by atoms with van der Waals surface area (Å²) in [6, 6.07) is 3.60. The molecular formula is C7H3BrClNO. The Morgan fingerprint density at radius 1 is 1.45 bits per heavy atom. The van der Waals surface area contributed by atoms with Gasteiger partial charge in [-0.25, -0.2) is 4.98 Å². The molecule has 0 fully saturated rings. The fourth-order valence-corrected chi connectivity index (χ4v) is 1.50. The van der Waals surface area contributed by atoms with E-state index in [9.17, 15) is 0 Å². The fourth-order valence-electron chi connectivity index (χ4n) is 0.887. The second-order valence-corrected chi connectivity index (χ2v) is 3.32. The van der Waals surface area contributed by atoms with Crippen LogP contribution in [0.1, 0.15) is 0 Å². The predicted octanol–water partition coefficient (Wildman–Crippen LogP) is 3.24. The van der Waals surface area contributed by atoms with E-state index in [1.807, 2.05) is 6.07 Å². The molecule has 0 aliphatic rings. The SMILES string of the molecule is Clc1ccc(Br)c2ocnc12. The van der Waals surface area contributed by atoms with E-state index in [1.54, 1.807) is 6.07 Å². The minimum absolute atomic E-state index is 0.608. The molecule has 0 saturated carbocycles. The highest BCUT2D eigenvalue weighted by atomic mass is 79.9. The van der Waals surface area contributed by atoms with E-state index in [4.69, 9.17) is 16.0 Å². The molecule has 1 aromatic heterocycles. The van der Waals surface area contributed by atoms with Crippen LogP contribution in [0.25, 0.3) is 11.1 Å². The average molecular weight is 232 g/mol. The molecule has 1 heterocycles. The second kappa shape index (κ2) is 2.50. The predicted molar refractivity (Wildman–Crippen MR) is 46.7 cm³/mol. The summed E-state index contributed by atoms with van der Waals surface area (Å²) in [5, 5.41) is 0.608. The zero-order chi connectivity index (χ0) is 7.84. The van der Waals surface area contributed by atoms with Gasteiger partial charge in [-0.2, -0.15) is 0 Å². The van der Waals surface area contributed by atoms with Gasteiger partial charge in [0.15, 0.2) is 12.0 Å². The Morgan fingerprint density at radius 2 is 2.27 bits per heavy atom. The van der Waals surface area contributed by atoms with Crippen molar-refractivity contribution in [2.24, 2.45) is 0 Å². The van der Waals surface area contributed by atoms with E-state index in [-0.39, 0.29) is 0 Å². The number of benzene rings is 1.